The lowest BCUT2D eigenvalue weighted by Gasteiger charge is -2.25. The van der Waals surface area contributed by atoms with Crippen molar-refractivity contribution in [3.63, 3.8) is 0 Å². The molecule has 6 heteroatoms. The van der Waals surface area contributed by atoms with Gasteiger partial charge in [0.25, 0.3) is 0 Å². The van der Waals surface area contributed by atoms with E-state index in [9.17, 15) is 0 Å². The van der Waals surface area contributed by atoms with E-state index >= 15 is 0 Å². The number of nitrogens with one attached hydrogen (secondary N) is 1. The maximum absolute atomic E-state index is 6.37. The van der Waals surface area contributed by atoms with E-state index in [0.717, 1.165) is 24.2 Å². The Balaban J connectivity index is 1.70. The highest BCUT2D eigenvalue weighted by atomic mass is 35.5. The average molecular weight is 373 g/mol. The van der Waals surface area contributed by atoms with Gasteiger partial charge in [0, 0.05) is 34.3 Å². The van der Waals surface area contributed by atoms with Gasteiger partial charge in [-0.2, -0.15) is 0 Å². The van der Waals surface area contributed by atoms with Gasteiger partial charge in [-0.05, 0) is 24.3 Å². The summed E-state index contributed by atoms with van der Waals surface area (Å²) in [4.78, 5) is 0. The highest BCUT2D eigenvalue weighted by Gasteiger charge is 2.18. The lowest BCUT2D eigenvalue weighted by Crippen LogP contribution is -2.33. The van der Waals surface area contributed by atoms with Crippen LogP contribution in [0.2, 0.25) is 15.1 Å². The number of halogens is 3. The highest BCUT2D eigenvalue weighted by molar-refractivity contribution is 6.36. The molecule has 0 aromatic heterocycles. The molecule has 3 rings (SSSR count). The maximum atomic E-state index is 6.37. The fraction of sp³-hybridized carbons (Fsp3) is 0.294. The number of hydrogen-bond donors (Lipinski definition) is 1. The van der Waals surface area contributed by atoms with E-state index in [2.05, 4.69) is 5.32 Å². The fourth-order valence-corrected chi connectivity index (χ4v) is 3.25. The minimum absolute atomic E-state index is 0.0247. The van der Waals surface area contributed by atoms with Crippen LogP contribution in [-0.4, -0.2) is 19.7 Å². The predicted octanol–water partition coefficient (Wildman–Crippen LogP) is 4.89. The lowest BCUT2D eigenvalue weighted by molar-refractivity contribution is 0.0277. The predicted molar refractivity (Wildman–Crippen MR) is 93.8 cm³/mol. The second-order valence-corrected chi connectivity index (χ2v) is 6.46. The Hall–Kier alpha value is -0.970. The Labute approximate surface area is 150 Å². The van der Waals surface area contributed by atoms with Gasteiger partial charge in [0.15, 0.2) is 0 Å². The van der Waals surface area contributed by atoms with E-state index in [1.165, 1.54) is 0 Å². The van der Waals surface area contributed by atoms with Crippen molar-refractivity contribution in [2.75, 3.05) is 19.7 Å². The first-order valence-electron chi connectivity index (χ1n) is 7.32. The Morgan fingerprint density at radius 2 is 1.87 bits per heavy atom. The first-order chi connectivity index (χ1) is 11.1. The van der Waals surface area contributed by atoms with Crippen molar-refractivity contribution >= 4 is 34.8 Å². The second kappa shape index (κ2) is 7.73. The largest absolute Gasteiger partial charge is 0.489 e. The van der Waals surface area contributed by atoms with Crippen LogP contribution in [0.3, 0.4) is 0 Å². The fourth-order valence-electron chi connectivity index (χ4n) is 2.45. The Bertz CT molecular complexity index is 667. The van der Waals surface area contributed by atoms with Crippen molar-refractivity contribution in [1.82, 2.24) is 5.32 Å². The number of morpholine rings is 1. The molecule has 0 radical (unpaired) electrons. The second-order valence-electron chi connectivity index (χ2n) is 5.24. The number of hydrogen-bond acceptors (Lipinski definition) is 3. The molecule has 1 saturated heterocycles. The maximum Gasteiger partial charge on any atom is 0.121 e. The van der Waals surface area contributed by atoms with Gasteiger partial charge in [0.2, 0.25) is 0 Å². The molecule has 0 saturated carbocycles. The molecule has 1 N–H and O–H groups in total. The standard InChI is InChI=1S/C17H16Cl3NO2/c18-14-2-1-3-15(19)13(14)10-23-11-4-5-12(16(20)8-11)17-9-21-6-7-22-17/h1-5,8,17,21H,6-7,9-10H2/t17-/m0/s1. The van der Waals surface area contributed by atoms with Gasteiger partial charge in [0.1, 0.15) is 12.4 Å². The van der Waals surface area contributed by atoms with Crippen molar-refractivity contribution in [3.05, 3.63) is 62.6 Å². The first-order valence-corrected chi connectivity index (χ1v) is 8.46. The molecule has 1 heterocycles. The zero-order valence-electron chi connectivity index (χ0n) is 12.3. The van der Waals surface area contributed by atoms with Gasteiger partial charge in [-0.1, -0.05) is 46.9 Å². The summed E-state index contributed by atoms with van der Waals surface area (Å²) in [5, 5.41) is 5.09. The van der Waals surface area contributed by atoms with Crippen molar-refractivity contribution in [2.24, 2.45) is 0 Å². The van der Waals surface area contributed by atoms with Crippen LogP contribution in [-0.2, 0) is 11.3 Å². The summed E-state index contributed by atoms with van der Waals surface area (Å²) in [6.07, 6.45) is -0.0247. The van der Waals surface area contributed by atoms with Gasteiger partial charge in [-0.25, -0.2) is 0 Å². The monoisotopic (exact) mass is 371 g/mol. The Morgan fingerprint density at radius 1 is 1.09 bits per heavy atom. The van der Waals surface area contributed by atoms with E-state index in [1.807, 2.05) is 12.1 Å². The van der Waals surface area contributed by atoms with Crippen molar-refractivity contribution < 1.29 is 9.47 Å². The van der Waals surface area contributed by atoms with Crippen LogP contribution in [0.15, 0.2) is 36.4 Å². The number of rotatable bonds is 4. The summed E-state index contributed by atoms with van der Waals surface area (Å²) in [6.45, 7) is 2.60. The van der Waals surface area contributed by atoms with Crippen molar-refractivity contribution in [3.8, 4) is 5.75 Å². The molecule has 1 aliphatic heterocycles. The van der Waals surface area contributed by atoms with E-state index < -0.39 is 0 Å². The molecular formula is C17H16Cl3NO2. The van der Waals surface area contributed by atoms with Crippen molar-refractivity contribution in [2.45, 2.75) is 12.7 Å². The summed E-state index contributed by atoms with van der Waals surface area (Å²) >= 11 is 18.6. The van der Waals surface area contributed by atoms with Crippen molar-refractivity contribution in [1.29, 1.82) is 0 Å². The quantitative estimate of drug-likeness (QED) is 0.829. The summed E-state index contributed by atoms with van der Waals surface area (Å²) in [6, 6.07) is 11.0. The van der Waals surface area contributed by atoms with E-state index in [0.29, 0.717) is 27.4 Å². The van der Waals surface area contributed by atoms with Crippen LogP contribution >= 0.6 is 34.8 Å². The summed E-state index contributed by atoms with van der Waals surface area (Å²) in [5.74, 6) is 0.665. The van der Waals surface area contributed by atoms with Gasteiger partial charge in [-0.3, -0.25) is 0 Å². The third kappa shape index (κ3) is 4.11. The van der Waals surface area contributed by atoms with E-state index in [-0.39, 0.29) is 12.7 Å². The Kier molecular flexibility index (Phi) is 5.67. The topological polar surface area (TPSA) is 30.5 Å². The molecule has 1 atom stereocenters. The van der Waals surface area contributed by atoms with Gasteiger partial charge < -0.3 is 14.8 Å². The SMILES string of the molecule is Clc1cc(OCc2c(Cl)cccc2Cl)ccc1[C@@H]1CNCCO1. The Morgan fingerprint density at radius 3 is 2.52 bits per heavy atom. The van der Waals surface area contributed by atoms with Crippen LogP contribution < -0.4 is 10.1 Å². The smallest absolute Gasteiger partial charge is 0.121 e. The lowest BCUT2D eigenvalue weighted by atomic mass is 10.1. The minimum Gasteiger partial charge on any atom is -0.489 e. The molecule has 0 spiro atoms. The molecular weight excluding hydrogens is 357 g/mol. The average Bonchev–Trinajstić information content (AvgIpc) is 2.55. The molecule has 1 fully saturated rings. The molecule has 122 valence electrons. The number of benzene rings is 2. The van der Waals surface area contributed by atoms with Crippen LogP contribution in [0.25, 0.3) is 0 Å². The van der Waals surface area contributed by atoms with E-state index in [1.54, 1.807) is 24.3 Å². The molecule has 0 aliphatic carbocycles. The molecule has 0 amide bonds. The zero-order chi connectivity index (χ0) is 16.2. The highest BCUT2D eigenvalue weighted by Crippen LogP contribution is 2.31. The van der Waals surface area contributed by atoms with Crippen LogP contribution in [0.1, 0.15) is 17.2 Å². The summed E-state index contributed by atoms with van der Waals surface area (Å²) in [7, 11) is 0. The molecule has 0 bridgehead atoms. The van der Waals surface area contributed by atoms with Crippen LogP contribution in [0.4, 0.5) is 0 Å². The minimum atomic E-state index is -0.0247. The molecule has 2 aromatic carbocycles. The van der Waals surface area contributed by atoms with Crippen LogP contribution in [0.5, 0.6) is 5.75 Å². The van der Waals surface area contributed by atoms with Crippen LogP contribution in [0, 0.1) is 0 Å². The third-order valence-electron chi connectivity index (χ3n) is 3.69. The molecule has 0 unspecified atom stereocenters. The molecule has 23 heavy (non-hydrogen) atoms. The van der Waals surface area contributed by atoms with Gasteiger partial charge in [-0.15, -0.1) is 0 Å². The molecule has 1 aliphatic rings. The summed E-state index contributed by atoms with van der Waals surface area (Å²) in [5.41, 5.74) is 1.72. The third-order valence-corrected chi connectivity index (χ3v) is 4.73. The van der Waals surface area contributed by atoms with E-state index in [4.69, 9.17) is 44.3 Å². The summed E-state index contributed by atoms with van der Waals surface area (Å²) < 4.78 is 11.5. The first kappa shape index (κ1) is 16.9. The normalized spacial score (nSPS) is 18.0. The van der Waals surface area contributed by atoms with Gasteiger partial charge in [0.05, 0.1) is 17.7 Å². The number of ether oxygens (including phenoxy) is 2. The zero-order valence-corrected chi connectivity index (χ0v) is 14.6. The molecule has 2 aromatic rings. The van der Waals surface area contributed by atoms with Gasteiger partial charge >= 0.3 is 0 Å². The molecule has 3 nitrogen and oxygen atoms in total.